The van der Waals surface area contributed by atoms with E-state index in [1.807, 2.05) is 42.5 Å². The molecule has 100 valence electrons. The van der Waals surface area contributed by atoms with Crippen LogP contribution in [0.3, 0.4) is 0 Å². The number of rotatable bonds is 5. The van der Waals surface area contributed by atoms with Gasteiger partial charge in [0.25, 0.3) is 0 Å². The highest BCUT2D eigenvalue weighted by atomic mass is 16.5. The molecule has 0 aliphatic heterocycles. The normalized spacial score (nSPS) is 13.8. The molecule has 0 bridgehead atoms. The Morgan fingerprint density at radius 3 is 2.16 bits per heavy atom. The quantitative estimate of drug-likeness (QED) is 0.865. The highest BCUT2D eigenvalue weighted by molar-refractivity contribution is 5.63. The number of hydrogen-bond acceptors (Lipinski definition) is 3. The van der Waals surface area contributed by atoms with Gasteiger partial charge in [-0.15, -0.1) is 0 Å². The summed E-state index contributed by atoms with van der Waals surface area (Å²) in [5.74, 6) is 0.754. The van der Waals surface area contributed by atoms with Crippen LogP contribution in [0, 0.1) is 0 Å². The molecular formula is C16H19NO2. The fourth-order valence-corrected chi connectivity index (χ4v) is 1.67. The summed E-state index contributed by atoms with van der Waals surface area (Å²) in [5, 5.41) is 9.06. The maximum atomic E-state index is 9.06. The standard InChI is InChI=1S/C16H19NO2/c1-16(17,11-18)12-19-15-9-7-14(8-10-15)13-5-3-2-4-6-13/h2-10,18H,11-12,17H2,1H3. The third-order valence-electron chi connectivity index (χ3n) is 2.89. The summed E-state index contributed by atoms with van der Waals surface area (Å²) in [6.07, 6.45) is 0. The minimum Gasteiger partial charge on any atom is -0.492 e. The van der Waals surface area contributed by atoms with E-state index in [1.54, 1.807) is 6.92 Å². The Labute approximate surface area is 113 Å². The molecule has 0 aliphatic carbocycles. The second-order valence-electron chi connectivity index (χ2n) is 4.99. The zero-order valence-corrected chi connectivity index (χ0v) is 11.0. The highest BCUT2D eigenvalue weighted by Crippen LogP contribution is 2.22. The van der Waals surface area contributed by atoms with E-state index in [0.29, 0.717) is 0 Å². The van der Waals surface area contributed by atoms with Crippen molar-refractivity contribution in [1.29, 1.82) is 0 Å². The van der Waals surface area contributed by atoms with Crippen LogP contribution in [0.15, 0.2) is 54.6 Å². The molecule has 0 aromatic heterocycles. The van der Waals surface area contributed by atoms with E-state index < -0.39 is 5.54 Å². The zero-order valence-electron chi connectivity index (χ0n) is 11.0. The molecule has 0 amide bonds. The summed E-state index contributed by atoms with van der Waals surface area (Å²) in [6.45, 7) is 1.94. The lowest BCUT2D eigenvalue weighted by Crippen LogP contribution is -2.45. The molecule has 3 nitrogen and oxygen atoms in total. The van der Waals surface area contributed by atoms with Gasteiger partial charge < -0.3 is 15.6 Å². The van der Waals surface area contributed by atoms with Crippen molar-refractivity contribution >= 4 is 0 Å². The minimum absolute atomic E-state index is 0.102. The Balaban J connectivity index is 2.03. The molecule has 0 saturated carbocycles. The third kappa shape index (κ3) is 3.81. The van der Waals surface area contributed by atoms with Gasteiger partial charge in [0.1, 0.15) is 12.4 Å². The Hall–Kier alpha value is -1.84. The first-order valence-electron chi connectivity index (χ1n) is 6.29. The van der Waals surface area contributed by atoms with Crippen molar-refractivity contribution in [2.24, 2.45) is 5.73 Å². The van der Waals surface area contributed by atoms with Gasteiger partial charge in [-0.25, -0.2) is 0 Å². The van der Waals surface area contributed by atoms with Crippen molar-refractivity contribution in [2.45, 2.75) is 12.5 Å². The molecule has 0 radical (unpaired) electrons. The van der Waals surface area contributed by atoms with Crippen molar-refractivity contribution in [3.05, 3.63) is 54.6 Å². The van der Waals surface area contributed by atoms with E-state index in [4.69, 9.17) is 15.6 Å². The number of nitrogens with two attached hydrogens (primary N) is 1. The van der Waals surface area contributed by atoms with Gasteiger partial charge in [-0.2, -0.15) is 0 Å². The summed E-state index contributed by atoms with van der Waals surface area (Å²) in [7, 11) is 0. The third-order valence-corrected chi connectivity index (χ3v) is 2.89. The number of aliphatic hydroxyl groups is 1. The first kappa shape index (κ1) is 13.6. The molecule has 0 saturated heterocycles. The molecule has 0 spiro atoms. The summed E-state index contributed by atoms with van der Waals surface area (Å²) >= 11 is 0. The van der Waals surface area contributed by atoms with Gasteiger partial charge in [-0.3, -0.25) is 0 Å². The smallest absolute Gasteiger partial charge is 0.119 e. The van der Waals surface area contributed by atoms with Gasteiger partial charge in [-0.05, 0) is 30.2 Å². The number of hydrogen-bond donors (Lipinski definition) is 2. The average Bonchev–Trinajstić information content (AvgIpc) is 2.47. The van der Waals surface area contributed by atoms with Gasteiger partial charge in [0.05, 0.1) is 12.1 Å². The van der Waals surface area contributed by atoms with Crippen LogP contribution in [0.2, 0.25) is 0 Å². The maximum absolute atomic E-state index is 9.06. The molecule has 0 heterocycles. The van der Waals surface area contributed by atoms with E-state index in [0.717, 1.165) is 11.3 Å². The molecule has 3 N–H and O–H groups in total. The van der Waals surface area contributed by atoms with Crippen LogP contribution in [0.5, 0.6) is 5.75 Å². The van der Waals surface area contributed by atoms with Crippen LogP contribution in [-0.2, 0) is 0 Å². The van der Waals surface area contributed by atoms with Crippen LogP contribution in [0.25, 0.3) is 11.1 Å². The summed E-state index contributed by atoms with van der Waals surface area (Å²) in [6, 6.07) is 18.0. The Bertz CT molecular complexity index is 506. The molecule has 3 heteroatoms. The van der Waals surface area contributed by atoms with E-state index in [9.17, 15) is 0 Å². The number of ether oxygens (including phenoxy) is 1. The van der Waals surface area contributed by atoms with Crippen LogP contribution in [-0.4, -0.2) is 23.9 Å². The molecule has 1 unspecified atom stereocenters. The Morgan fingerprint density at radius 1 is 1.00 bits per heavy atom. The predicted molar refractivity (Wildman–Crippen MR) is 77.1 cm³/mol. The number of aliphatic hydroxyl groups excluding tert-OH is 1. The monoisotopic (exact) mass is 257 g/mol. The molecule has 2 aromatic rings. The Morgan fingerprint density at radius 2 is 1.58 bits per heavy atom. The lowest BCUT2D eigenvalue weighted by molar-refractivity contribution is 0.146. The van der Waals surface area contributed by atoms with Crippen LogP contribution in [0.4, 0.5) is 0 Å². The molecular weight excluding hydrogens is 238 g/mol. The summed E-state index contributed by atoms with van der Waals surface area (Å²) in [4.78, 5) is 0. The fourth-order valence-electron chi connectivity index (χ4n) is 1.67. The van der Waals surface area contributed by atoms with Crippen LogP contribution < -0.4 is 10.5 Å². The van der Waals surface area contributed by atoms with Gasteiger partial charge in [0.15, 0.2) is 0 Å². The fraction of sp³-hybridized carbons (Fsp3) is 0.250. The number of benzene rings is 2. The zero-order chi connectivity index (χ0) is 13.7. The van der Waals surface area contributed by atoms with Crippen LogP contribution >= 0.6 is 0 Å². The molecule has 2 rings (SSSR count). The summed E-state index contributed by atoms with van der Waals surface area (Å²) in [5.41, 5.74) is 7.42. The maximum Gasteiger partial charge on any atom is 0.119 e. The van der Waals surface area contributed by atoms with Crippen LogP contribution in [0.1, 0.15) is 6.92 Å². The van der Waals surface area contributed by atoms with Gasteiger partial charge in [-0.1, -0.05) is 42.5 Å². The first-order valence-corrected chi connectivity index (χ1v) is 6.29. The molecule has 0 aliphatic rings. The molecule has 19 heavy (non-hydrogen) atoms. The summed E-state index contributed by atoms with van der Waals surface area (Å²) < 4.78 is 5.57. The highest BCUT2D eigenvalue weighted by Gasteiger charge is 2.17. The van der Waals surface area contributed by atoms with Crippen molar-refractivity contribution in [3.8, 4) is 16.9 Å². The lowest BCUT2D eigenvalue weighted by atomic mass is 10.1. The van der Waals surface area contributed by atoms with E-state index >= 15 is 0 Å². The predicted octanol–water partition coefficient (Wildman–Crippen LogP) is 2.44. The lowest BCUT2D eigenvalue weighted by Gasteiger charge is -2.21. The van der Waals surface area contributed by atoms with E-state index in [-0.39, 0.29) is 13.2 Å². The van der Waals surface area contributed by atoms with Crippen molar-refractivity contribution in [2.75, 3.05) is 13.2 Å². The van der Waals surface area contributed by atoms with Crippen molar-refractivity contribution < 1.29 is 9.84 Å². The van der Waals surface area contributed by atoms with Crippen molar-refractivity contribution in [3.63, 3.8) is 0 Å². The topological polar surface area (TPSA) is 55.5 Å². The molecule has 2 aromatic carbocycles. The van der Waals surface area contributed by atoms with Gasteiger partial charge >= 0.3 is 0 Å². The minimum atomic E-state index is -0.710. The SMILES string of the molecule is CC(N)(CO)COc1ccc(-c2ccccc2)cc1. The Kier molecular flexibility index (Phi) is 4.20. The van der Waals surface area contributed by atoms with Crippen molar-refractivity contribution in [1.82, 2.24) is 0 Å². The van der Waals surface area contributed by atoms with E-state index in [2.05, 4.69) is 12.1 Å². The molecule has 0 fully saturated rings. The van der Waals surface area contributed by atoms with E-state index in [1.165, 1.54) is 5.56 Å². The molecule has 1 atom stereocenters. The van der Waals surface area contributed by atoms with Gasteiger partial charge in [0, 0.05) is 0 Å². The largest absolute Gasteiger partial charge is 0.492 e. The van der Waals surface area contributed by atoms with Gasteiger partial charge in [0.2, 0.25) is 0 Å². The second kappa shape index (κ2) is 5.87. The second-order valence-corrected chi connectivity index (χ2v) is 4.99. The first-order chi connectivity index (χ1) is 9.11. The average molecular weight is 257 g/mol.